The highest BCUT2D eigenvalue weighted by Crippen LogP contribution is 2.43. The Hall–Kier alpha value is -3.52. The summed E-state index contributed by atoms with van der Waals surface area (Å²) in [6.45, 7) is 0. The van der Waals surface area contributed by atoms with Gasteiger partial charge in [0.05, 0.1) is 17.4 Å². The highest BCUT2D eigenvalue weighted by molar-refractivity contribution is 5.96. The van der Waals surface area contributed by atoms with E-state index in [0.717, 1.165) is 0 Å². The quantitative estimate of drug-likeness (QED) is 0.539. The summed E-state index contributed by atoms with van der Waals surface area (Å²) in [5.74, 6) is 0. The second-order valence-electron chi connectivity index (χ2n) is 7.85. The number of aromatic nitrogens is 1. The summed E-state index contributed by atoms with van der Waals surface area (Å²) in [5.41, 5.74) is 6.58. The van der Waals surface area contributed by atoms with E-state index in [1.165, 1.54) is 49.4 Å². The zero-order valence-electron chi connectivity index (χ0n) is 15.3. The van der Waals surface area contributed by atoms with Gasteiger partial charge < -0.3 is 9.88 Å². The first-order valence-corrected chi connectivity index (χ1v) is 9.88. The zero-order chi connectivity index (χ0) is 18.2. The van der Waals surface area contributed by atoms with Crippen LogP contribution in [0.4, 0.5) is 5.69 Å². The molecule has 3 aliphatic rings. The van der Waals surface area contributed by atoms with E-state index < -0.39 is 0 Å². The molecular formula is C26H18N2. The lowest BCUT2D eigenvalue weighted by atomic mass is 9.95. The van der Waals surface area contributed by atoms with Gasteiger partial charge in [-0.2, -0.15) is 0 Å². The molecule has 3 aromatic carbocycles. The topological polar surface area (TPSA) is 17.0 Å². The number of nitrogens with one attached hydrogen (secondary N) is 1. The molecule has 2 unspecified atom stereocenters. The Morgan fingerprint density at radius 2 is 1.61 bits per heavy atom. The summed E-state index contributed by atoms with van der Waals surface area (Å²) in [5, 5.41) is 9.25. The van der Waals surface area contributed by atoms with Crippen molar-refractivity contribution in [2.24, 2.45) is 0 Å². The first-order chi connectivity index (χ1) is 13.9. The van der Waals surface area contributed by atoms with E-state index in [-0.39, 0.29) is 0 Å². The third-order valence-corrected chi connectivity index (χ3v) is 6.45. The number of rotatable bonds is 1. The lowest BCUT2D eigenvalue weighted by Crippen LogP contribution is -2.32. The fraction of sp³-hybridized carbons (Fsp3) is 0.0769. The molecule has 0 saturated heterocycles. The maximum Gasteiger partial charge on any atom is 0.0784 e. The van der Waals surface area contributed by atoms with E-state index >= 15 is 0 Å². The van der Waals surface area contributed by atoms with Crippen molar-refractivity contribution in [2.45, 2.75) is 12.1 Å². The molecule has 0 saturated carbocycles. The van der Waals surface area contributed by atoms with E-state index in [1.54, 1.807) is 0 Å². The van der Waals surface area contributed by atoms with Gasteiger partial charge in [-0.05, 0) is 29.3 Å². The van der Waals surface area contributed by atoms with Gasteiger partial charge in [0.15, 0.2) is 0 Å². The van der Waals surface area contributed by atoms with Crippen molar-refractivity contribution in [3.63, 3.8) is 0 Å². The van der Waals surface area contributed by atoms with Gasteiger partial charge in [-0.15, -0.1) is 0 Å². The van der Waals surface area contributed by atoms with Crippen molar-refractivity contribution in [1.29, 1.82) is 0 Å². The molecule has 4 heterocycles. The number of fused-ring (bicyclic) bond motifs is 7. The van der Waals surface area contributed by atoms with Gasteiger partial charge in [-0.25, -0.2) is 0 Å². The Kier molecular flexibility index (Phi) is 2.62. The summed E-state index contributed by atoms with van der Waals surface area (Å²) in [6, 6.07) is 27.0. The maximum atomic E-state index is 3.81. The van der Waals surface area contributed by atoms with E-state index in [9.17, 15) is 0 Å². The average molecular weight is 358 g/mol. The Labute approximate surface area is 162 Å². The van der Waals surface area contributed by atoms with Crippen molar-refractivity contribution in [3.8, 4) is 11.1 Å². The number of anilines is 1. The van der Waals surface area contributed by atoms with Crippen molar-refractivity contribution < 1.29 is 0 Å². The standard InChI is InChI=1S/C26H18N2/c1-2-7-16(8-3-1)17-13-14-21-20(15-17)24-25(27-21)23-12-6-11-22-18-9-4-5-10-19(18)26(24)28(22)23/h1-15,23,25,27H. The van der Waals surface area contributed by atoms with Gasteiger partial charge in [0.1, 0.15) is 0 Å². The number of hydrogen-bond donors (Lipinski definition) is 1. The van der Waals surface area contributed by atoms with E-state index in [0.29, 0.717) is 12.1 Å². The monoisotopic (exact) mass is 358 g/mol. The molecule has 2 heteroatoms. The lowest BCUT2D eigenvalue weighted by molar-refractivity contribution is 0.591. The van der Waals surface area contributed by atoms with Crippen LogP contribution in [0.15, 0.2) is 84.9 Å². The molecule has 132 valence electrons. The molecule has 0 spiro atoms. The van der Waals surface area contributed by atoms with Gasteiger partial charge in [0, 0.05) is 32.9 Å². The molecule has 0 fully saturated rings. The van der Waals surface area contributed by atoms with Gasteiger partial charge >= 0.3 is 0 Å². The third-order valence-electron chi connectivity index (χ3n) is 6.45. The molecule has 3 aliphatic heterocycles. The average Bonchev–Trinajstić information content (AvgIpc) is 3.39. The molecule has 7 rings (SSSR count). The van der Waals surface area contributed by atoms with E-state index in [2.05, 4.69) is 101 Å². The van der Waals surface area contributed by atoms with E-state index in [4.69, 9.17) is 0 Å². The van der Waals surface area contributed by atoms with Crippen molar-refractivity contribution >= 4 is 28.1 Å². The number of allylic oxidation sites excluding steroid dienone is 1. The Balaban J connectivity index is 1.59. The third kappa shape index (κ3) is 1.68. The lowest BCUT2D eigenvalue weighted by Gasteiger charge is -2.20. The van der Waals surface area contributed by atoms with Crippen LogP contribution in [0.5, 0.6) is 0 Å². The van der Waals surface area contributed by atoms with Crippen LogP contribution in [0.2, 0.25) is 0 Å². The van der Waals surface area contributed by atoms with Crippen LogP contribution in [0.3, 0.4) is 0 Å². The van der Waals surface area contributed by atoms with Gasteiger partial charge in [0.25, 0.3) is 0 Å². The Morgan fingerprint density at radius 3 is 2.50 bits per heavy atom. The first-order valence-electron chi connectivity index (χ1n) is 9.88. The second kappa shape index (κ2) is 5.05. The summed E-state index contributed by atoms with van der Waals surface area (Å²) in [4.78, 5) is 0. The Bertz CT molecular complexity index is 1440. The Morgan fingerprint density at radius 1 is 0.786 bits per heavy atom. The highest BCUT2D eigenvalue weighted by Gasteiger charge is 2.40. The second-order valence-corrected chi connectivity index (χ2v) is 7.85. The molecule has 2 atom stereocenters. The van der Waals surface area contributed by atoms with Gasteiger partial charge in [-0.3, -0.25) is 0 Å². The number of nitrogens with zero attached hydrogens (tertiary/aromatic N) is 1. The first kappa shape index (κ1) is 14.5. The summed E-state index contributed by atoms with van der Waals surface area (Å²) in [6.07, 6.45) is 6.81. The molecule has 1 N–H and O–H groups in total. The molecular weight excluding hydrogens is 340 g/mol. The zero-order valence-corrected chi connectivity index (χ0v) is 15.3. The van der Waals surface area contributed by atoms with Crippen molar-refractivity contribution in [2.75, 3.05) is 5.32 Å². The molecule has 2 nitrogen and oxygen atoms in total. The number of hydrogen-bond acceptors (Lipinski definition) is 1. The predicted octanol–water partition coefficient (Wildman–Crippen LogP) is 4.21. The summed E-state index contributed by atoms with van der Waals surface area (Å²) in [7, 11) is 0. The minimum Gasteiger partial charge on any atom is -0.375 e. The van der Waals surface area contributed by atoms with Crippen LogP contribution in [-0.4, -0.2) is 10.6 Å². The fourth-order valence-corrected chi connectivity index (χ4v) is 5.30. The van der Waals surface area contributed by atoms with Crippen LogP contribution >= 0.6 is 0 Å². The SMILES string of the molecule is C1=CC2C3Nc4ccc(-c5ccccc5)cc4C3=c3c4ccccc4c(n32)=C1. The molecule has 0 radical (unpaired) electrons. The minimum atomic E-state index is 0.310. The van der Waals surface area contributed by atoms with Gasteiger partial charge in [0.2, 0.25) is 0 Å². The van der Waals surface area contributed by atoms with Crippen LogP contribution in [0.1, 0.15) is 11.6 Å². The van der Waals surface area contributed by atoms with Crippen molar-refractivity contribution in [1.82, 2.24) is 4.57 Å². The van der Waals surface area contributed by atoms with Crippen molar-refractivity contribution in [3.05, 3.63) is 101 Å². The van der Waals surface area contributed by atoms with Crippen LogP contribution in [-0.2, 0) is 0 Å². The molecule has 1 aromatic heterocycles. The van der Waals surface area contributed by atoms with E-state index in [1.807, 2.05) is 0 Å². The summed E-state index contributed by atoms with van der Waals surface area (Å²) < 4.78 is 2.54. The number of benzene rings is 3. The smallest absolute Gasteiger partial charge is 0.0784 e. The molecule has 0 amide bonds. The van der Waals surface area contributed by atoms with Gasteiger partial charge in [-0.1, -0.05) is 72.8 Å². The highest BCUT2D eigenvalue weighted by atomic mass is 15.1. The minimum absolute atomic E-state index is 0.310. The normalized spacial score (nSPS) is 20.5. The predicted molar refractivity (Wildman–Crippen MR) is 116 cm³/mol. The van der Waals surface area contributed by atoms with Crippen LogP contribution in [0, 0.1) is 0 Å². The fourth-order valence-electron chi connectivity index (χ4n) is 5.30. The summed E-state index contributed by atoms with van der Waals surface area (Å²) >= 11 is 0. The van der Waals surface area contributed by atoms with Crippen LogP contribution in [0.25, 0.3) is 33.5 Å². The molecule has 4 aromatic rings. The molecule has 0 bridgehead atoms. The molecule has 0 aliphatic carbocycles. The maximum absolute atomic E-state index is 3.81. The van der Waals surface area contributed by atoms with Crippen LogP contribution < -0.4 is 16.0 Å². The largest absolute Gasteiger partial charge is 0.375 e. The molecule has 28 heavy (non-hydrogen) atoms.